The third-order valence-corrected chi connectivity index (χ3v) is 8.44. The van der Waals surface area contributed by atoms with Gasteiger partial charge in [0.15, 0.2) is 8.32 Å². The minimum Gasteiger partial charge on any atom is -0.415 e. The van der Waals surface area contributed by atoms with Crippen LogP contribution in [0, 0.1) is 0 Å². The molecule has 0 saturated carbocycles. The monoisotopic (exact) mass is 285 g/mol. The summed E-state index contributed by atoms with van der Waals surface area (Å²) in [6.07, 6.45) is 0. The van der Waals surface area contributed by atoms with Gasteiger partial charge in [-0.25, -0.2) is 0 Å². The Morgan fingerprint density at radius 1 is 1.33 bits per heavy atom. The lowest BCUT2D eigenvalue weighted by atomic mass is 10.1. The summed E-state index contributed by atoms with van der Waals surface area (Å²) in [7, 11) is -1.73. The molecule has 4 heteroatoms. The Balaban J connectivity index is 2.64. The van der Waals surface area contributed by atoms with Crippen LogP contribution < -0.4 is 5.73 Å². The van der Waals surface area contributed by atoms with Crippen molar-refractivity contribution in [2.24, 2.45) is 5.73 Å². The Morgan fingerprint density at radius 2 is 1.94 bits per heavy atom. The maximum atomic E-state index is 6.15. The summed E-state index contributed by atoms with van der Waals surface area (Å²) in [6, 6.07) is 7.56. The van der Waals surface area contributed by atoms with Crippen molar-refractivity contribution in [3.05, 3.63) is 34.9 Å². The highest BCUT2D eigenvalue weighted by atomic mass is 35.5. The lowest BCUT2D eigenvalue weighted by Gasteiger charge is -2.37. The van der Waals surface area contributed by atoms with E-state index in [-0.39, 0.29) is 11.1 Å². The average molecular weight is 286 g/mol. The summed E-state index contributed by atoms with van der Waals surface area (Å²) < 4.78 is 6.12. The van der Waals surface area contributed by atoms with E-state index in [9.17, 15) is 0 Å². The number of nitrogens with two attached hydrogens (primary N) is 1. The molecule has 0 aliphatic carbocycles. The van der Waals surface area contributed by atoms with E-state index < -0.39 is 8.32 Å². The van der Waals surface area contributed by atoms with Gasteiger partial charge in [0.25, 0.3) is 0 Å². The van der Waals surface area contributed by atoms with Crippen LogP contribution in [0.4, 0.5) is 0 Å². The van der Waals surface area contributed by atoms with Crippen molar-refractivity contribution < 1.29 is 4.43 Å². The molecule has 0 aromatic heterocycles. The predicted molar refractivity (Wildman–Crippen MR) is 81.5 cm³/mol. The molecule has 1 rings (SSSR count). The van der Waals surface area contributed by atoms with Crippen LogP contribution in [0.5, 0.6) is 0 Å². The Labute approximate surface area is 117 Å². The van der Waals surface area contributed by atoms with Crippen molar-refractivity contribution in [1.29, 1.82) is 0 Å². The van der Waals surface area contributed by atoms with Crippen LogP contribution in [0.1, 0.15) is 32.4 Å². The maximum Gasteiger partial charge on any atom is 0.192 e. The molecule has 0 radical (unpaired) electrons. The lowest BCUT2D eigenvalue weighted by molar-refractivity contribution is 0.264. The topological polar surface area (TPSA) is 35.2 Å². The van der Waals surface area contributed by atoms with Gasteiger partial charge >= 0.3 is 0 Å². The summed E-state index contributed by atoms with van der Waals surface area (Å²) in [5, 5.41) is 0.927. The maximum absolute atomic E-state index is 6.15. The molecule has 18 heavy (non-hydrogen) atoms. The Morgan fingerprint density at radius 3 is 2.44 bits per heavy atom. The van der Waals surface area contributed by atoms with Gasteiger partial charge < -0.3 is 10.2 Å². The highest BCUT2D eigenvalue weighted by Crippen LogP contribution is 2.37. The fourth-order valence-electron chi connectivity index (χ4n) is 1.35. The van der Waals surface area contributed by atoms with E-state index in [2.05, 4.69) is 33.9 Å². The van der Waals surface area contributed by atoms with Crippen molar-refractivity contribution in [2.45, 2.75) is 44.9 Å². The first-order valence-corrected chi connectivity index (χ1v) is 9.57. The van der Waals surface area contributed by atoms with Crippen LogP contribution in [0.2, 0.25) is 23.2 Å². The van der Waals surface area contributed by atoms with E-state index in [1.165, 1.54) is 0 Å². The van der Waals surface area contributed by atoms with E-state index >= 15 is 0 Å². The molecule has 2 nitrogen and oxygen atoms in total. The Hall–Kier alpha value is -0.353. The van der Waals surface area contributed by atoms with Crippen molar-refractivity contribution in [3.8, 4) is 0 Å². The minimum absolute atomic E-state index is 0.113. The average Bonchev–Trinajstić information content (AvgIpc) is 2.24. The molecule has 1 aromatic carbocycles. The lowest BCUT2D eigenvalue weighted by Crippen LogP contribution is -2.42. The van der Waals surface area contributed by atoms with Crippen molar-refractivity contribution in [3.63, 3.8) is 0 Å². The molecule has 0 bridgehead atoms. The molecule has 0 amide bonds. The molecule has 0 spiro atoms. The Bertz CT molecular complexity index is 401. The molecule has 0 aliphatic heterocycles. The van der Waals surface area contributed by atoms with Crippen LogP contribution in [0.25, 0.3) is 0 Å². The van der Waals surface area contributed by atoms with E-state index in [0.29, 0.717) is 6.61 Å². The van der Waals surface area contributed by atoms with E-state index in [0.717, 1.165) is 10.6 Å². The zero-order valence-electron chi connectivity index (χ0n) is 12.0. The first kappa shape index (κ1) is 15.7. The number of hydrogen-bond acceptors (Lipinski definition) is 2. The molecule has 0 heterocycles. The van der Waals surface area contributed by atoms with Crippen LogP contribution in [0.15, 0.2) is 24.3 Å². The van der Waals surface area contributed by atoms with Crippen LogP contribution in [-0.2, 0) is 4.43 Å². The largest absolute Gasteiger partial charge is 0.415 e. The molecule has 0 unspecified atom stereocenters. The highest BCUT2D eigenvalue weighted by Gasteiger charge is 2.37. The predicted octanol–water partition coefficient (Wildman–Crippen LogP) is 4.36. The second-order valence-electron chi connectivity index (χ2n) is 6.23. The van der Waals surface area contributed by atoms with E-state index in [1.807, 2.05) is 24.3 Å². The fraction of sp³-hybridized carbons (Fsp3) is 0.571. The summed E-state index contributed by atoms with van der Waals surface area (Å²) in [6.45, 7) is 11.7. The third kappa shape index (κ3) is 4.09. The number of hydrogen-bond donors (Lipinski definition) is 1. The first-order valence-electron chi connectivity index (χ1n) is 6.28. The molecule has 1 atom stereocenters. The van der Waals surface area contributed by atoms with Gasteiger partial charge in [0, 0.05) is 5.02 Å². The van der Waals surface area contributed by atoms with Crippen LogP contribution in [0.3, 0.4) is 0 Å². The standard InChI is InChI=1S/C14H24ClNOSi/c1-14(2,3)18(4,5)17-10-13(16)11-7-6-8-12(15)9-11/h6-9,13H,10,16H2,1-5H3/t13-/m1/s1. The van der Waals surface area contributed by atoms with Crippen molar-refractivity contribution in [2.75, 3.05) is 6.61 Å². The second kappa shape index (κ2) is 5.74. The van der Waals surface area contributed by atoms with Gasteiger partial charge in [-0.3, -0.25) is 0 Å². The number of benzene rings is 1. The smallest absolute Gasteiger partial charge is 0.192 e. The number of halogens is 1. The van der Waals surface area contributed by atoms with Crippen LogP contribution >= 0.6 is 11.6 Å². The second-order valence-corrected chi connectivity index (χ2v) is 11.5. The zero-order chi connectivity index (χ0) is 14.0. The molecular weight excluding hydrogens is 262 g/mol. The van der Waals surface area contributed by atoms with Gasteiger partial charge in [0.1, 0.15) is 0 Å². The van der Waals surface area contributed by atoms with Crippen molar-refractivity contribution >= 4 is 19.9 Å². The van der Waals surface area contributed by atoms with Gasteiger partial charge in [-0.2, -0.15) is 0 Å². The van der Waals surface area contributed by atoms with Crippen molar-refractivity contribution in [1.82, 2.24) is 0 Å². The number of rotatable bonds is 4. The molecule has 1 aromatic rings. The zero-order valence-corrected chi connectivity index (χ0v) is 13.7. The highest BCUT2D eigenvalue weighted by molar-refractivity contribution is 6.74. The summed E-state index contributed by atoms with van der Waals surface area (Å²) in [4.78, 5) is 0. The summed E-state index contributed by atoms with van der Waals surface area (Å²) in [5.74, 6) is 0. The quantitative estimate of drug-likeness (QED) is 0.834. The first-order chi connectivity index (χ1) is 8.13. The molecule has 2 N–H and O–H groups in total. The van der Waals surface area contributed by atoms with Gasteiger partial charge in [0.2, 0.25) is 0 Å². The van der Waals surface area contributed by atoms with E-state index in [4.69, 9.17) is 21.8 Å². The third-order valence-electron chi connectivity index (χ3n) is 3.71. The molecular formula is C14H24ClNOSi. The molecule has 0 fully saturated rings. The van der Waals surface area contributed by atoms with Gasteiger partial charge in [-0.05, 0) is 35.8 Å². The fourth-order valence-corrected chi connectivity index (χ4v) is 2.58. The summed E-state index contributed by atoms with van der Waals surface area (Å²) >= 11 is 5.96. The molecule has 0 aliphatic rings. The van der Waals surface area contributed by atoms with Crippen LogP contribution in [-0.4, -0.2) is 14.9 Å². The van der Waals surface area contributed by atoms with Gasteiger partial charge in [-0.15, -0.1) is 0 Å². The SMILES string of the molecule is CC(C)(C)[Si](C)(C)OC[C@@H](N)c1cccc(Cl)c1. The Kier molecular flexibility index (Phi) is 5.01. The minimum atomic E-state index is -1.73. The molecule has 0 saturated heterocycles. The summed E-state index contributed by atoms with van der Waals surface area (Å²) in [5.41, 5.74) is 7.18. The molecule has 102 valence electrons. The van der Waals surface area contributed by atoms with E-state index in [1.54, 1.807) is 0 Å². The van der Waals surface area contributed by atoms with Gasteiger partial charge in [-0.1, -0.05) is 44.5 Å². The van der Waals surface area contributed by atoms with Gasteiger partial charge in [0.05, 0.1) is 12.6 Å². The normalized spacial score (nSPS) is 14.6.